The molecule has 0 amide bonds. The van der Waals surface area contributed by atoms with Crippen molar-refractivity contribution in [2.24, 2.45) is 0 Å². The minimum absolute atomic E-state index is 0.0850. The molecule has 2 heterocycles. The van der Waals surface area contributed by atoms with Gasteiger partial charge in [0.05, 0.1) is 18.8 Å². The van der Waals surface area contributed by atoms with E-state index < -0.39 is 5.78 Å². The number of ether oxygens (including phenoxy) is 1. The summed E-state index contributed by atoms with van der Waals surface area (Å²) in [5.74, 6) is -0.694. The molecule has 1 fully saturated rings. The van der Waals surface area contributed by atoms with Crippen LogP contribution in [-0.4, -0.2) is 60.8 Å². The van der Waals surface area contributed by atoms with Gasteiger partial charge in [0.15, 0.2) is 0 Å². The van der Waals surface area contributed by atoms with Gasteiger partial charge in [-0.05, 0) is 12.1 Å². The molecule has 22 heavy (non-hydrogen) atoms. The number of hydrogen-bond donors (Lipinski definition) is 1. The van der Waals surface area contributed by atoms with Crippen LogP contribution in [0.15, 0.2) is 29.1 Å². The molecule has 116 valence electrons. The minimum Gasteiger partial charge on any atom is -0.379 e. The van der Waals surface area contributed by atoms with Crippen LogP contribution >= 0.6 is 11.6 Å². The zero-order valence-electron chi connectivity index (χ0n) is 12.0. The second-order valence-corrected chi connectivity index (χ2v) is 5.51. The van der Waals surface area contributed by atoms with E-state index in [-0.39, 0.29) is 22.2 Å². The Morgan fingerprint density at radius 1 is 1.27 bits per heavy atom. The summed E-state index contributed by atoms with van der Waals surface area (Å²) < 4.78 is 5.29. The Labute approximate surface area is 133 Å². The number of pyridine rings is 1. The number of allylic oxidation sites excluding steroid dienone is 2. The molecular weight excluding hydrogens is 306 g/mol. The lowest BCUT2D eigenvalue weighted by molar-refractivity contribution is 0.0386. The second-order valence-electron chi connectivity index (χ2n) is 5.13. The molecule has 0 bridgehead atoms. The van der Waals surface area contributed by atoms with Crippen LogP contribution in [0.3, 0.4) is 0 Å². The average Bonchev–Trinajstić information content (AvgIpc) is 2.57. The largest absolute Gasteiger partial charge is 0.379 e. The molecule has 2 aliphatic rings. The van der Waals surface area contributed by atoms with Crippen LogP contribution < -0.4 is 5.32 Å². The van der Waals surface area contributed by atoms with Gasteiger partial charge in [0.25, 0.3) is 0 Å². The Kier molecular flexibility index (Phi) is 4.52. The van der Waals surface area contributed by atoms with Gasteiger partial charge in [-0.2, -0.15) is 0 Å². The van der Waals surface area contributed by atoms with Gasteiger partial charge < -0.3 is 10.1 Å². The van der Waals surface area contributed by atoms with Crippen molar-refractivity contribution in [2.45, 2.75) is 0 Å². The first kappa shape index (κ1) is 15.1. The van der Waals surface area contributed by atoms with Crippen molar-refractivity contribution in [2.75, 3.05) is 39.4 Å². The Balaban J connectivity index is 1.69. The maximum absolute atomic E-state index is 12.4. The molecule has 1 aliphatic carbocycles. The zero-order chi connectivity index (χ0) is 15.5. The van der Waals surface area contributed by atoms with Crippen LogP contribution in [-0.2, 0) is 4.74 Å². The fourth-order valence-electron chi connectivity index (χ4n) is 2.54. The number of rotatable bonds is 4. The van der Waals surface area contributed by atoms with Crippen LogP contribution in [0, 0.1) is 0 Å². The molecule has 0 saturated carbocycles. The lowest BCUT2D eigenvalue weighted by Crippen LogP contribution is -2.41. The summed E-state index contributed by atoms with van der Waals surface area (Å²) in [7, 11) is 0. The number of halogens is 1. The monoisotopic (exact) mass is 321 g/mol. The molecular formula is C15H16ClN3O3. The van der Waals surface area contributed by atoms with Crippen LogP contribution in [0.4, 0.5) is 0 Å². The maximum atomic E-state index is 12.4. The van der Waals surface area contributed by atoms with Crippen LogP contribution in [0.5, 0.6) is 0 Å². The van der Waals surface area contributed by atoms with E-state index in [0.717, 1.165) is 32.8 Å². The lowest BCUT2D eigenvalue weighted by atomic mass is 9.97. The molecule has 1 aromatic heterocycles. The van der Waals surface area contributed by atoms with Crippen molar-refractivity contribution in [1.29, 1.82) is 0 Å². The standard InChI is InChI=1S/C15H16ClN3O3/c16-11-13(18-4-5-19-6-8-22-9-7-19)14(20)10-2-1-3-17-12(10)15(11)21/h1-3,18H,4-9H2. The molecule has 1 aromatic rings. The topological polar surface area (TPSA) is 71.5 Å². The highest BCUT2D eigenvalue weighted by molar-refractivity contribution is 6.49. The summed E-state index contributed by atoms with van der Waals surface area (Å²) in [4.78, 5) is 30.8. The average molecular weight is 322 g/mol. The molecule has 6 nitrogen and oxygen atoms in total. The number of nitrogens with one attached hydrogen (secondary N) is 1. The highest BCUT2D eigenvalue weighted by atomic mass is 35.5. The number of carbonyl (C=O) groups is 2. The first-order valence-corrected chi connectivity index (χ1v) is 7.54. The summed E-state index contributed by atoms with van der Waals surface area (Å²) in [6.45, 7) is 4.49. The summed E-state index contributed by atoms with van der Waals surface area (Å²) in [5.41, 5.74) is 0.586. The smallest absolute Gasteiger partial charge is 0.225 e. The van der Waals surface area contributed by atoms with Gasteiger partial charge in [0.1, 0.15) is 16.4 Å². The third kappa shape index (κ3) is 2.90. The van der Waals surface area contributed by atoms with Gasteiger partial charge >= 0.3 is 0 Å². The lowest BCUT2D eigenvalue weighted by Gasteiger charge is -2.27. The summed E-state index contributed by atoms with van der Waals surface area (Å²) in [6, 6.07) is 3.23. The van der Waals surface area contributed by atoms with E-state index >= 15 is 0 Å². The van der Waals surface area contributed by atoms with E-state index in [4.69, 9.17) is 16.3 Å². The quantitative estimate of drug-likeness (QED) is 0.886. The SMILES string of the molecule is O=C1C(NCCN2CCOCC2)=C(Cl)C(=O)c2ncccc21. The molecule has 0 radical (unpaired) electrons. The van der Waals surface area contributed by atoms with E-state index in [1.807, 2.05) is 0 Å². The number of ketones is 2. The Morgan fingerprint density at radius 3 is 2.82 bits per heavy atom. The molecule has 0 spiro atoms. The summed E-state index contributed by atoms with van der Waals surface area (Å²) in [5, 5.41) is 2.92. The third-order valence-electron chi connectivity index (χ3n) is 3.75. The number of hydrogen-bond acceptors (Lipinski definition) is 6. The van der Waals surface area contributed by atoms with Crippen LogP contribution in [0.25, 0.3) is 0 Å². The molecule has 1 aliphatic heterocycles. The van der Waals surface area contributed by atoms with Gasteiger partial charge in [-0.1, -0.05) is 11.6 Å². The first-order valence-electron chi connectivity index (χ1n) is 7.16. The van der Waals surface area contributed by atoms with E-state index in [2.05, 4.69) is 15.2 Å². The molecule has 0 unspecified atom stereocenters. The van der Waals surface area contributed by atoms with Crippen LogP contribution in [0.2, 0.25) is 0 Å². The van der Waals surface area contributed by atoms with E-state index in [1.54, 1.807) is 12.1 Å². The predicted molar refractivity (Wildman–Crippen MR) is 81.0 cm³/mol. The van der Waals surface area contributed by atoms with Gasteiger partial charge in [-0.15, -0.1) is 0 Å². The second kappa shape index (κ2) is 6.56. The molecule has 1 saturated heterocycles. The van der Waals surface area contributed by atoms with Crippen molar-refractivity contribution in [3.63, 3.8) is 0 Å². The molecule has 3 rings (SSSR count). The third-order valence-corrected chi connectivity index (χ3v) is 4.11. The molecule has 0 aromatic carbocycles. The minimum atomic E-state index is -0.411. The fraction of sp³-hybridized carbons (Fsp3) is 0.400. The normalized spacial score (nSPS) is 19.3. The Morgan fingerprint density at radius 2 is 2.05 bits per heavy atom. The molecule has 0 atom stereocenters. The van der Waals surface area contributed by atoms with Gasteiger partial charge in [0, 0.05) is 32.4 Å². The predicted octanol–water partition coefficient (Wildman–Crippen LogP) is 0.833. The van der Waals surface area contributed by atoms with Crippen molar-refractivity contribution in [3.8, 4) is 0 Å². The van der Waals surface area contributed by atoms with Crippen LogP contribution in [0.1, 0.15) is 20.8 Å². The maximum Gasteiger partial charge on any atom is 0.225 e. The number of Topliss-reactive ketones (excluding diaryl/α,β-unsaturated/α-hetero) is 2. The zero-order valence-corrected chi connectivity index (χ0v) is 12.7. The number of morpholine rings is 1. The molecule has 7 heteroatoms. The highest BCUT2D eigenvalue weighted by Gasteiger charge is 2.32. The summed E-state index contributed by atoms with van der Waals surface area (Å²) in [6.07, 6.45) is 1.48. The first-order chi connectivity index (χ1) is 10.7. The van der Waals surface area contributed by atoms with Crippen molar-refractivity contribution in [3.05, 3.63) is 40.3 Å². The molecule has 1 N–H and O–H groups in total. The number of aromatic nitrogens is 1. The fourth-order valence-corrected chi connectivity index (χ4v) is 2.79. The number of fused-ring (bicyclic) bond motifs is 1. The highest BCUT2D eigenvalue weighted by Crippen LogP contribution is 2.25. The van der Waals surface area contributed by atoms with Crippen molar-refractivity contribution >= 4 is 23.2 Å². The van der Waals surface area contributed by atoms with E-state index in [1.165, 1.54) is 6.20 Å². The van der Waals surface area contributed by atoms with Crippen molar-refractivity contribution in [1.82, 2.24) is 15.2 Å². The van der Waals surface area contributed by atoms with E-state index in [0.29, 0.717) is 12.1 Å². The Bertz CT molecular complexity index is 639. The van der Waals surface area contributed by atoms with Gasteiger partial charge in [0.2, 0.25) is 11.6 Å². The van der Waals surface area contributed by atoms with Crippen molar-refractivity contribution < 1.29 is 14.3 Å². The number of carbonyl (C=O) groups excluding carboxylic acids is 2. The van der Waals surface area contributed by atoms with E-state index in [9.17, 15) is 9.59 Å². The van der Waals surface area contributed by atoms with Gasteiger partial charge in [-0.3, -0.25) is 19.5 Å². The summed E-state index contributed by atoms with van der Waals surface area (Å²) >= 11 is 6.05. The number of nitrogens with zero attached hydrogens (tertiary/aromatic N) is 2. The van der Waals surface area contributed by atoms with Gasteiger partial charge in [-0.25, -0.2) is 0 Å². The Hall–Kier alpha value is -1.76.